The van der Waals surface area contributed by atoms with Crippen LogP contribution in [-0.2, 0) is 35.9 Å². The summed E-state index contributed by atoms with van der Waals surface area (Å²) in [6.45, 7) is 0. The van der Waals surface area contributed by atoms with Crippen molar-refractivity contribution in [2.75, 3.05) is 0 Å². The Bertz CT molecular complexity index is 8.00. The summed E-state index contributed by atoms with van der Waals surface area (Å²) < 4.78 is 0. The van der Waals surface area contributed by atoms with Crippen LogP contribution in [0.15, 0.2) is 0 Å². The minimum atomic E-state index is 0. The van der Waals surface area contributed by atoms with E-state index in [1.165, 1.54) is 0 Å². The van der Waals surface area contributed by atoms with Gasteiger partial charge in [-0.3, -0.25) is 0 Å². The van der Waals surface area contributed by atoms with Gasteiger partial charge in [-0.1, -0.05) is 0 Å². The Balaban J connectivity index is 0. The van der Waals surface area contributed by atoms with Crippen LogP contribution >= 0.6 is 0 Å². The largest absolute Gasteiger partial charge is 3.00 e. The maximum atomic E-state index is 0. The van der Waals surface area contributed by atoms with E-state index in [0.29, 0.717) is 0 Å². The van der Waals surface area contributed by atoms with E-state index < -0.39 is 0 Å². The molecule has 0 amide bonds. The molecule has 0 N–H and O–H groups in total. The molecule has 0 aromatic carbocycles. The third-order valence-electron chi connectivity index (χ3n) is 0. The second-order valence-electron chi connectivity index (χ2n) is 0. The van der Waals surface area contributed by atoms with Gasteiger partial charge in [-0.15, -0.1) is 0 Å². The normalized spacial score (nSPS) is 0. The van der Waals surface area contributed by atoms with Gasteiger partial charge in [0.15, 0.2) is 0 Å². The van der Waals surface area contributed by atoms with E-state index in [0.717, 1.165) is 0 Å². The molecule has 0 spiro atoms. The molecule has 0 radical (unpaired) electrons. The maximum absolute atomic E-state index is 0. The van der Waals surface area contributed by atoms with Crippen LogP contribution in [0.4, 0.5) is 0 Å². The van der Waals surface area contributed by atoms with Crippen molar-refractivity contribution >= 4 is 56.4 Å². The van der Waals surface area contributed by atoms with Gasteiger partial charge in [-0.25, -0.2) is 0 Å². The Kier molecular flexibility index (Phi) is 141. The molecule has 0 fully saturated rings. The fourth-order valence-electron chi connectivity index (χ4n) is 0. The van der Waals surface area contributed by atoms with Gasteiger partial charge >= 0.3 is 48.2 Å². The summed E-state index contributed by atoms with van der Waals surface area (Å²) in [5.41, 5.74) is 0. The minimum Gasteiger partial charge on any atom is -2.00 e. The smallest absolute Gasteiger partial charge is 2.00 e. The molecule has 0 aliphatic rings. The third-order valence-corrected chi connectivity index (χ3v) is 0. The van der Waals surface area contributed by atoms with Crippen molar-refractivity contribution in [3.63, 3.8) is 0 Å². The molecule has 0 aliphatic heterocycles. The SMILES string of the molecule is [Ag+].[In+3].[S-2].[Se-2]. The number of rotatable bonds is 0. The molecule has 0 aromatic rings. The number of hydrogen-bond acceptors (Lipinski definition) is 0. The van der Waals surface area contributed by atoms with Crippen LogP contribution in [-0.4, -0.2) is 42.9 Å². The molecule has 0 bridgehead atoms. The van der Waals surface area contributed by atoms with Crippen molar-refractivity contribution in [2.24, 2.45) is 0 Å². The topological polar surface area (TPSA) is 0 Å². The Hall–Kier alpha value is 2.48. The van der Waals surface area contributed by atoms with Gasteiger partial charge in [0.2, 0.25) is 0 Å². The molecule has 0 unspecified atom stereocenters. The van der Waals surface area contributed by atoms with E-state index in [-0.39, 0.29) is 78.8 Å². The van der Waals surface area contributed by atoms with E-state index in [1.54, 1.807) is 0 Å². The van der Waals surface area contributed by atoms with Crippen LogP contribution in [0.1, 0.15) is 0 Å². The Labute approximate surface area is 77.7 Å². The van der Waals surface area contributed by atoms with E-state index in [4.69, 9.17) is 0 Å². The minimum absolute atomic E-state index is 0. The molecule has 0 aromatic heterocycles. The van der Waals surface area contributed by atoms with Crippen LogP contribution in [0.3, 0.4) is 0 Å². The van der Waals surface area contributed by atoms with E-state index in [1.807, 2.05) is 0 Å². The van der Waals surface area contributed by atoms with Crippen LogP contribution in [0.2, 0.25) is 0 Å². The third kappa shape index (κ3) is 8.82. The van der Waals surface area contributed by atoms with E-state index in [9.17, 15) is 0 Å². The fourth-order valence-corrected chi connectivity index (χ4v) is 0. The summed E-state index contributed by atoms with van der Waals surface area (Å²) in [4.78, 5) is 0. The van der Waals surface area contributed by atoms with Crippen LogP contribution in [0.25, 0.3) is 0 Å². The van der Waals surface area contributed by atoms with E-state index >= 15 is 0 Å². The second-order valence-corrected chi connectivity index (χ2v) is 0. The van der Waals surface area contributed by atoms with Crippen molar-refractivity contribution in [3.8, 4) is 0 Å². The van der Waals surface area contributed by atoms with Crippen molar-refractivity contribution in [1.82, 2.24) is 0 Å². The molecule has 0 aliphatic carbocycles. The standard InChI is InChI=1S/Ag.In.S.Se/q+1;+3;2*-2. The van der Waals surface area contributed by atoms with Gasteiger partial charge in [-0.2, -0.15) is 0 Å². The monoisotopic (exact) mass is 334 g/mol. The van der Waals surface area contributed by atoms with Crippen molar-refractivity contribution in [2.45, 2.75) is 0 Å². The average molecular weight is 334 g/mol. The van der Waals surface area contributed by atoms with Gasteiger partial charge in [-0.05, 0) is 0 Å². The molecule has 0 saturated carbocycles. The molecular formula is AgInSSe. The summed E-state index contributed by atoms with van der Waals surface area (Å²) in [5.74, 6) is 0. The molecule has 0 nitrogen and oxygen atoms in total. The quantitative estimate of drug-likeness (QED) is 0.511. The Morgan fingerprint density at radius 3 is 1.00 bits per heavy atom. The van der Waals surface area contributed by atoms with Gasteiger partial charge in [0.05, 0.1) is 0 Å². The predicted molar refractivity (Wildman–Crippen MR) is 18.9 cm³/mol. The molecule has 4 heavy (non-hydrogen) atoms. The average Bonchev–Trinajstić information content (AvgIpc) is 0. The predicted octanol–water partition coefficient (Wildman–Crippen LogP) is -0.767. The van der Waals surface area contributed by atoms with Gasteiger partial charge in [0, 0.05) is 0 Å². The second kappa shape index (κ2) is 17.9. The first kappa shape index (κ1) is 31.6. The molecule has 0 heterocycles. The fraction of sp³-hybridized carbons (Fsp3) is 0. The van der Waals surface area contributed by atoms with Crippen molar-refractivity contribution in [1.29, 1.82) is 0 Å². The summed E-state index contributed by atoms with van der Waals surface area (Å²) in [6, 6.07) is 0. The molecule has 26 valence electrons. The summed E-state index contributed by atoms with van der Waals surface area (Å²) in [5, 5.41) is 0. The van der Waals surface area contributed by atoms with Gasteiger partial charge in [0.25, 0.3) is 0 Å². The molecular weight excluding hydrogens is 334 g/mol. The molecule has 0 atom stereocenters. The van der Waals surface area contributed by atoms with Crippen molar-refractivity contribution < 1.29 is 22.4 Å². The Morgan fingerprint density at radius 1 is 1.00 bits per heavy atom. The molecule has 0 saturated heterocycles. The van der Waals surface area contributed by atoms with E-state index in [2.05, 4.69) is 0 Å². The van der Waals surface area contributed by atoms with Crippen LogP contribution < -0.4 is 0 Å². The molecule has 0 rings (SSSR count). The number of hydrogen-bond donors (Lipinski definition) is 0. The first-order valence-electron chi connectivity index (χ1n) is 0. The van der Waals surface area contributed by atoms with Crippen molar-refractivity contribution in [3.05, 3.63) is 0 Å². The zero-order valence-electron chi connectivity index (χ0n) is 1.70. The zero-order chi connectivity index (χ0) is 0. The first-order valence-corrected chi connectivity index (χ1v) is 0. The summed E-state index contributed by atoms with van der Waals surface area (Å²) >= 11 is 0. The van der Waals surface area contributed by atoms with Crippen LogP contribution in [0, 0.1) is 0 Å². The Morgan fingerprint density at radius 2 is 1.00 bits per heavy atom. The summed E-state index contributed by atoms with van der Waals surface area (Å²) in [6.07, 6.45) is 0. The van der Waals surface area contributed by atoms with Gasteiger partial charge in [0.1, 0.15) is 0 Å². The maximum Gasteiger partial charge on any atom is 3.00 e. The molecule has 4 heteroatoms. The van der Waals surface area contributed by atoms with Gasteiger partial charge < -0.3 is 30.6 Å². The first-order chi connectivity index (χ1) is 0. The zero-order valence-corrected chi connectivity index (χ0v) is 9.00. The summed E-state index contributed by atoms with van der Waals surface area (Å²) in [7, 11) is 0. The van der Waals surface area contributed by atoms with Crippen LogP contribution in [0.5, 0.6) is 0 Å².